The van der Waals surface area contributed by atoms with Gasteiger partial charge < -0.3 is 15.3 Å². The standard InChI is InChI=1S/C20H25ClN2O3/c21-14-4-5-18(24)17(10-14)22-19(25)13-6-8-23(9-7-13)20(26)16-11-15(16)12-2-1-3-12/h4-5,10,12-13,15-16,24H,1-3,6-9,11H2,(H,22,25). The first-order valence-electron chi connectivity index (χ1n) is 9.61. The molecular formula is C20H25ClN2O3. The van der Waals surface area contributed by atoms with E-state index in [9.17, 15) is 14.7 Å². The summed E-state index contributed by atoms with van der Waals surface area (Å²) in [6, 6.07) is 4.58. The van der Waals surface area contributed by atoms with Crippen molar-refractivity contribution in [2.45, 2.75) is 38.5 Å². The summed E-state index contributed by atoms with van der Waals surface area (Å²) in [7, 11) is 0. The van der Waals surface area contributed by atoms with Gasteiger partial charge in [-0.05, 0) is 49.3 Å². The van der Waals surface area contributed by atoms with Gasteiger partial charge in [-0.25, -0.2) is 0 Å². The van der Waals surface area contributed by atoms with Gasteiger partial charge >= 0.3 is 0 Å². The number of anilines is 1. The van der Waals surface area contributed by atoms with Gasteiger partial charge in [0, 0.05) is 29.9 Å². The predicted molar refractivity (Wildman–Crippen MR) is 100.0 cm³/mol. The fourth-order valence-electron chi connectivity index (χ4n) is 4.33. The normalized spacial score (nSPS) is 26.3. The Morgan fingerprint density at radius 2 is 1.88 bits per heavy atom. The largest absolute Gasteiger partial charge is 0.506 e. The molecule has 2 aliphatic carbocycles. The van der Waals surface area contributed by atoms with Gasteiger partial charge in [0.05, 0.1) is 5.69 Å². The lowest BCUT2D eigenvalue weighted by Gasteiger charge is -2.32. The van der Waals surface area contributed by atoms with Gasteiger partial charge in [0.1, 0.15) is 5.75 Å². The summed E-state index contributed by atoms with van der Waals surface area (Å²) in [6.07, 6.45) is 6.32. The fraction of sp³-hybridized carbons (Fsp3) is 0.600. The van der Waals surface area contributed by atoms with Crippen molar-refractivity contribution in [3.8, 4) is 5.75 Å². The Hall–Kier alpha value is -1.75. The Labute approximate surface area is 158 Å². The van der Waals surface area contributed by atoms with E-state index in [1.165, 1.54) is 25.3 Å². The number of likely N-dealkylation sites (tertiary alicyclic amines) is 1. The highest BCUT2D eigenvalue weighted by Crippen LogP contribution is 2.52. The number of carbonyl (C=O) groups is 2. The molecule has 2 N–H and O–H groups in total. The number of phenols is 1. The number of phenolic OH excluding ortho intramolecular Hbond substituents is 1. The Morgan fingerprint density at radius 1 is 1.15 bits per heavy atom. The van der Waals surface area contributed by atoms with Crippen LogP contribution < -0.4 is 5.32 Å². The van der Waals surface area contributed by atoms with Crippen LogP contribution in [-0.4, -0.2) is 34.9 Å². The molecule has 0 bridgehead atoms. The number of piperidine rings is 1. The molecule has 5 nitrogen and oxygen atoms in total. The summed E-state index contributed by atoms with van der Waals surface area (Å²) in [6.45, 7) is 1.29. The van der Waals surface area contributed by atoms with Crippen molar-refractivity contribution in [2.24, 2.45) is 23.7 Å². The second-order valence-corrected chi connectivity index (χ2v) is 8.38. The van der Waals surface area contributed by atoms with Gasteiger partial charge in [-0.2, -0.15) is 0 Å². The zero-order chi connectivity index (χ0) is 18.3. The average molecular weight is 377 g/mol. The molecule has 2 atom stereocenters. The van der Waals surface area contributed by atoms with Crippen LogP contribution in [-0.2, 0) is 9.59 Å². The predicted octanol–water partition coefficient (Wildman–Crippen LogP) is 3.66. The highest BCUT2D eigenvalue weighted by Gasteiger charge is 2.50. The summed E-state index contributed by atoms with van der Waals surface area (Å²) in [4.78, 5) is 27.1. The number of hydrogen-bond donors (Lipinski definition) is 2. The molecule has 2 saturated carbocycles. The van der Waals surface area contributed by atoms with Crippen molar-refractivity contribution < 1.29 is 14.7 Å². The minimum absolute atomic E-state index is 0.00568. The first-order valence-corrected chi connectivity index (χ1v) is 9.99. The number of nitrogens with one attached hydrogen (secondary N) is 1. The molecule has 3 aliphatic rings. The molecule has 6 heteroatoms. The Balaban J connectivity index is 1.27. The van der Waals surface area contributed by atoms with Crippen LogP contribution in [0.5, 0.6) is 5.75 Å². The highest BCUT2D eigenvalue weighted by molar-refractivity contribution is 6.31. The van der Waals surface area contributed by atoms with Crippen molar-refractivity contribution in [1.82, 2.24) is 4.90 Å². The quantitative estimate of drug-likeness (QED) is 0.788. The summed E-state index contributed by atoms with van der Waals surface area (Å²) < 4.78 is 0. The molecule has 0 radical (unpaired) electrons. The number of halogens is 1. The number of benzene rings is 1. The van der Waals surface area contributed by atoms with Crippen LogP contribution >= 0.6 is 11.6 Å². The fourth-order valence-corrected chi connectivity index (χ4v) is 4.50. The summed E-state index contributed by atoms with van der Waals surface area (Å²) in [5, 5.41) is 13.1. The molecule has 140 valence electrons. The first-order chi connectivity index (χ1) is 12.5. The molecule has 1 heterocycles. The van der Waals surface area contributed by atoms with E-state index in [1.807, 2.05) is 4.90 Å². The highest BCUT2D eigenvalue weighted by atomic mass is 35.5. The van der Waals surface area contributed by atoms with E-state index in [2.05, 4.69) is 5.32 Å². The van der Waals surface area contributed by atoms with Crippen LogP contribution in [0.2, 0.25) is 5.02 Å². The van der Waals surface area contributed by atoms with Gasteiger partial charge in [-0.1, -0.05) is 30.9 Å². The number of rotatable bonds is 4. The van der Waals surface area contributed by atoms with Crippen LogP contribution in [0, 0.1) is 23.7 Å². The second-order valence-electron chi connectivity index (χ2n) is 7.95. The summed E-state index contributed by atoms with van der Waals surface area (Å²) >= 11 is 5.92. The molecule has 1 aromatic rings. The zero-order valence-corrected chi connectivity index (χ0v) is 15.5. The molecule has 2 amide bonds. The lowest BCUT2D eigenvalue weighted by Crippen LogP contribution is -2.42. The summed E-state index contributed by atoms with van der Waals surface area (Å²) in [5.41, 5.74) is 0.335. The lowest BCUT2D eigenvalue weighted by atomic mass is 9.81. The maximum Gasteiger partial charge on any atom is 0.227 e. The SMILES string of the molecule is O=C(Nc1cc(Cl)ccc1O)C1CCN(C(=O)C2CC2C2CCC2)CC1. The van der Waals surface area contributed by atoms with E-state index in [0.29, 0.717) is 48.5 Å². The van der Waals surface area contributed by atoms with E-state index in [-0.39, 0.29) is 23.5 Å². The number of amides is 2. The zero-order valence-electron chi connectivity index (χ0n) is 14.8. The molecule has 0 spiro atoms. The molecule has 4 rings (SSSR count). The third-order valence-electron chi connectivity index (χ3n) is 6.31. The molecular weight excluding hydrogens is 352 g/mol. The number of aromatic hydroxyl groups is 1. The third-order valence-corrected chi connectivity index (χ3v) is 6.54. The van der Waals surface area contributed by atoms with E-state index in [0.717, 1.165) is 12.3 Å². The van der Waals surface area contributed by atoms with Crippen molar-refractivity contribution in [3.63, 3.8) is 0 Å². The third kappa shape index (κ3) is 3.54. The first kappa shape index (κ1) is 17.7. The molecule has 0 aromatic heterocycles. The van der Waals surface area contributed by atoms with E-state index in [4.69, 9.17) is 11.6 Å². The van der Waals surface area contributed by atoms with Crippen molar-refractivity contribution in [1.29, 1.82) is 0 Å². The molecule has 2 unspecified atom stereocenters. The Bertz CT molecular complexity index is 711. The van der Waals surface area contributed by atoms with Gasteiger partial charge in [-0.15, -0.1) is 0 Å². The van der Waals surface area contributed by atoms with Gasteiger partial charge in [0.2, 0.25) is 11.8 Å². The second kappa shape index (κ2) is 7.10. The van der Waals surface area contributed by atoms with Crippen molar-refractivity contribution in [2.75, 3.05) is 18.4 Å². The van der Waals surface area contributed by atoms with E-state index in [1.54, 1.807) is 12.1 Å². The monoisotopic (exact) mass is 376 g/mol. The van der Waals surface area contributed by atoms with Gasteiger partial charge in [0.15, 0.2) is 0 Å². The minimum Gasteiger partial charge on any atom is -0.506 e. The lowest BCUT2D eigenvalue weighted by molar-refractivity contribution is -0.136. The van der Waals surface area contributed by atoms with Crippen LogP contribution in [0.25, 0.3) is 0 Å². The molecule has 26 heavy (non-hydrogen) atoms. The van der Waals surface area contributed by atoms with Gasteiger partial charge in [-0.3, -0.25) is 9.59 Å². The maximum absolute atomic E-state index is 12.6. The Kier molecular flexibility index (Phi) is 4.82. The minimum atomic E-state index is -0.140. The van der Waals surface area contributed by atoms with E-state index >= 15 is 0 Å². The van der Waals surface area contributed by atoms with Crippen LogP contribution in [0.4, 0.5) is 5.69 Å². The number of nitrogens with zero attached hydrogens (tertiary/aromatic N) is 1. The Morgan fingerprint density at radius 3 is 2.54 bits per heavy atom. The maximum atomic E-state index is 12.6. The van der Waals surface area contributed by atoms with Crippen LogP contribution in [0.3, 0.4) is 0 Å². The summed E-state index contributed by atoms with van der Waals surface area (Å²) in [5.74, 6) is 1.71. The molecule has 1 saturated heterocycles. The number of hydrogen-bond acceptors (Lipinski definition) is 3. The number of carbonyl (C=O) groups excluding carboxylic acids is 2. The topological polar surface area (TPSA) is 69.6 Å². The smallest absolute Gasteiger partial charge is 0.227 e. The molecule has 3 fully saturated rings. The van der Waals surface area contributed by atoms with Crippen molar-refractivity contribution in [3.05, 3.63) is 23.2 Å². The molecule has 1 aliphatic heterocycles. The van der Waals surface area contributed by atoms with Crippen molar-refractivity contribution >= 4 is 29.1 Å². The van der Waals surface area contributed by atoms with Crippen LogP contribution in [0.15, 0.2) is 18.2 Å². The average Bonchev–Trinajstić information content (AvgIpc) is 3.36. The van der Waals surface area contributed by atoms with Gasteiger partial charge in [0.25, 0.3) is 0 Å². The van der Waals surface area contributed by atoms with E-state index < -0.39 is 0 Å². The molecule has 1 aromatic carbocycles. The van der Waals surface area contributed by atoms with Crippen LogP contribution in [0.1, 0.15) is 38.5 Å².